The van der Waals surface area contributed by atoms with Crippen LogP contribution in [0.25, 0.3) is 0 Å². The number of aliphatic imine (C=N–C) groups is 1. The highest BCUT2D eigenvalue weighted by atomic mass is 35.5. The zero-order chi connectivity index (χ0) is 26.4. The number of likely N-dealkylation sites (N-methyl/N-ethyl adjacent to an activating group) is 1. The summed E-state index contributed by atoms with van der Waals surface area (Å²) in [6, 6.07) is 25.9. The van der Waals surface area contributed by atoms with Gasteiger partial charge in [-0.2, -0.15) is 0 Å². The summed E-state index contributed by atoms with van der Waals surface area (Å²) in [5.74, 6) is 0.910. The monoisotopic (exact) mass is 516 g/mol. The summed E-state index contributed by atoms with van der Waals surface area (Å²) in [7, 11) is 0. The lowest BCUT2D eigenvalue weighted by Crippen LogP contribution is -2.35. The van der Waals surface area contributed by atoms with Crippen molar-refractivity contribution in [3.63, 3.8) is 0 Å². The number of allylic oxidation sites excluding steroid dienone is 1. The molecule has 1 aliphatic rings. The van der Waals surface area contributed by atoms with E-state index in [0.29, 0.717) is 17.1 Å². The molecule has 0 aromatic heterocycles. The Morgan fingerprint density at radius 3 is 2.03 bits per heavy atom. The van der Waals surface area contributed by atoms with Crippen LogP contribution in [-0.2, 0) is 4.74 Å². The van der Waals surface area contributed by atoms with Crippen LogP contribution in [0, 0.1) is 0 Å². The van der Waals surface area contributed by atoms with Crippen LogP contribution in [0.4, 0.5) is 5.69 Å². The van der Waals surface area contributed by atoms with Gasteiger partial charge in [0.1, 0.15) is 5.60 Å². The van der Waals surface area contributed by atoms with E-state index in [1.165, 1.54) is 12.0 Å². The van der Waals surface area contributed by atoms with E-state index in [2.05, 4.69) is 56.9 Å². The molecule has 1 aliphatic carbocycles. The molecule has 1 unspecified atom stereocenters. The van der Waals surface area contributed by atoms with Crippen LogP contribution in [0.1, 0.15) is 69.8 Å². The fraction of sp³-hybridized carbons (Fsp3) is 0.344. The lowest BCUT2D eigenvalue weighted by Gasteiger charge is -2.36. The Balaban J connectivity index is 1.59. The minimum absolute atomic E-state index is 0.303. The highest BCUT2D eigenvalue weighted by Gasteiger charge is 2.27. The average Bonchev–Trinajstić information content (AvgIpc) is 2.84. The van der Waals surface area contributed by atoms with E-state index in [1.807, 2.05) is 54.6 Å². The number of aliphatic hydroxyl groups excluding tert-OH is 1. The quantitative estimate of drug-likeness (QED) is 0.231. The second-order valence-electron chi connectivity index (χ2n) is 10.4. The Labute approximate surface area is 226 Å². The molecule has 1 N–H and O–H groups in total. The molecule has 0 amide bonds. The van der Waals surface area contributed by atoms with Gasteiger partial charge in [-0.3, -0.25) is 0 Å². The minimum Gasteiger partial charge on any atom is -0.473 e. The number of hydrogen-bond donors (Lipinski definition) is 1. The molecule has 0 spiro atoms. The van der Waals surface area contributed by atoms with Gasteiger partial charge in [-0.15, -0.1) is 0 Å². The average molecular weight is 517 g/mol. The highest BCUT2D eigenvalue weighted by Crippen LogP contribution is 2.35. The van der Waals surface area contributed by atoms with Gasteiger partial charge in [-0.25, -0.2) is 4.99 Å². The van der Waals surface area contributed by atoms with Crippen molar-refractivity contribution in [3.05, 3.63) is 112 Å². The molecule has 0 saturated heterocycles. The van der Waals surface area contributed by atoms with Gasteiger partial charge in [0.15, 0.2) is 5.88 Å². The number of hydrogen-bond acceptors (Lipinski definition) is 4. The molecule has 0 radical (unpaired) electrons. The van der Waals surface area contributed by atoms with Crippen molar-refractivity contribution >= 4 is 23.0 Å². The van der Waals surface area contributed by atoms with Crippen molar-refractivity contribution in [2.45, 2.75) is 58.7 Å². The largest absolute Gasteiger partial charge is 0.473 e. The van der Waals surface area contributed by atoms with Gasteiger partial charge in [0.25, 0.3) is 0 Å². The molecular formula is C32H37ClN2O2. The maximum Gasteiger partial charge on any atom is 0.189 e. The summed E-state index contributed by atoms with van der Waals surface area (Å²) in [6.07, 6.45) is 2.54. The summed E-state index contributed by atoms with van der Waals surface area (Å²) in [6.45, 7) is 9.42. The van der Waals surface area contributed by atoms with E-state index in [9.17, 15) is 5.11 Å². The van der Waals surface area contributed by atoms with Crippen molar-refractivity contribution in [3.8, 4) is 0 Å². The number of benzene rings is 3. The molecule has 1 fully saturated rings. The predicted molar refractivity (Wildman–Crippen MR) is 154 cm³/mol. The molecular weight excluding hydrogens is 480 g/mol. The smallest absolute Gasteiger partial charge is 0.189 e. The number of halogens is 1. The molecule has 0 aliphatic heterocycles. The van der Waals surface area contributed by atoms with E-state index >= 15 is 0 Å². The van der Waals surface area contributed by atoms with Gasteiger partial charge in [0.2, 0.25) is 0 Å². The van der Waals surface area contributed by atoms with Crippen molar-refractivity contribution < 1.29 is 9.84 Å². The normalized spacial score (nSPS) is 13.9. The second kappa shape index (κ2) is 12.0. The van der Waals surface area contributed by atoms with Crippen LogP contribution in [0.2, 0.25) is 5.02 Å². The number of rotatable bonds is 9. The first-order chi connectivity index (χ1) is 17.7. The fourth-order valence-electron chi connectivity index (χ4n) is 4.35. The van der Waals surface area contributed by atoms with E-state index in [0.717, 1.165) is 47.8 Å². The number of aliphatic hydroxyl groups is 1. The van der Waals surface area contributed by atoms with Crippen molar-refractivity contribution in [1.82, 2.24) is 4.90 Å². The van der Waals surface area contributed by atoms with E-state index < -0.39 is 6.10 Å². The molecule has 1 atom stereocenters. The molecule has 3 aromatic rings. The first kappa shape index (κ1) is 27.0. The lowest BCUT2D eigenvalue weighted by molar-refractivity contribution is -0.0135. The first-order valence-corrected chi connectivity index (χ1v) is 13.5. The zero-order valence-corrected chi connectivity index (χ0v) is 23.0. The number of nitrogens with zero attached hydrogens (tertiary/aromatic N) is 2. The van der Waals surface area contributed by atoms with Crippen LogP contribution in [0.5, 0.6) is 0 Å². The summed E-state index contributed by atoms with van der Waals surface area (Å²) in [5, 5.41) is 11.7. The van der Waals surface area contributed by atoms with E-state index in [1.54, 1.807) is 0 Å². The molecule has 0 bridgehead atoms. The molecule has 194 valence electrons. The van der Waals surface area contributed by atoms with Gasteiger partial charge < -0.3 is 14.7 Å². The molecule has 4 rings (SSSR count). The van der Waals surface area contributed by atoms with Crippen molar-refractivity contribution in [2.24, 2.45) is 4.99 Å². The summed E-state index contributed by atoms with van der Waals surface area (Å²) in [4.78, 5) is 7.10. The molecule has 3 aromatic carbocycles. The molecule has 4 nitrogen and oxygen atoms in total. The molecule has 37 heavy (non-hydrogen) atoms. The Morgan fingerprint density at radius 2 is 1.57 bits per heavy atom. The van der Waals surface area contributed by atoms with Gasteiger partial charge in [-0.1, -0.05) is 78.3 Å². The standard InChI is InChI=1S/C32H37ClN2O2/c1-5-35(31(25-17-12-18-25)37-32(2,3)4)22-29(36)27-20-19-26(21-28(27)33)34-30(23-13-8-6-9-14-23)24-15-10-7-11-16-24/h6-11,13-16,19-21,29,36H,5,12,17-18,22H2,1-4H3. The Hall–Kier alpha value is -3.08. The SMILES string of the molecule is CCN(CC(O)c1ccc(N=C(c2ccccc2)c2ccccc2)cc1Cl)C(OC(C)(C)C)=C1CCC1. The van der Waals surface area contributed by atoms with Crippen LogP contribution >= 0.6 is 11.6 Å². The molecule has 5 heteroatoms. The Kier molecular flexibility index (Phi) is 8.73. The molecule has 0 heterocycles. The maximum absolute atomic E-state index is 11.2. The minimum atomic E-state index is -0.757. The van der Waals surface area contributed by atoms with Crippen LogP contribution < -0.4 is 0 Å². The zero-order valence-electron chi connectivity index (χ0n) is 22.2. The third-order valence-electron chi connectivity index (χ3n) is 6.40. The van der Waals surface area contributed by atoms with Crippen molar-refractivity contribution in [1.29, 1.82) is 0 Å². The second-order valence-corrected chi connectivity index (χ2v) is 10.8. The fourth-order valence-corrected chi connectivity index (χ4v) is 4.65. The third kappa shape index (κ3) is 7.03. The van der Waals surface area contributed by atoms with Crippen LogP contribution in [0.15, 0.2) is 95.3 Å². The van der Waals surface area contributed by atoms with Gasteiger partial charge in [0.05, 0.1) is 24.0 Å². The van der Waals surface area contributed by atoms with Crippen molar-refractivity contribution in [2.75, 3.05) is 13.1 Å². The summed E-state index contributed by atoms with van der Waals surface area (Å²) >= 11 is 6.72. The van der Waals surface area contributed by atoms with Gasteiger partial charge in [-0.05, 0) is 64.7 Å². The number of ether oxygens (including phenoxy) is 1. The lowest BCUT2D eigenvalue weighted by atomic mass is 9.92. The topological polar surface area (TPSA) is 45.1 Å². The maximum atomic E-state index is 11.2. The summed E-state index contributed by atoms with van der Waals surface area (Å²) in [5.41, 5.74) is 5.39. The highest BCUT2D eigenvalue weighted by molar-refractivity contribution is 6.31. The van der Waals surface area contributed by atoms with E-state index in [-0.39, 0.29) is 5.60 Å². The van der Waals surface area contributed by atoms with Gasteiger partial charge in [0, 0.05) is 28.3 Å². The van der Waals surface area contributed by atoms with E-state index in [4.69, 9.17) is 21.3 Å². The van der Waals surface area contributed by atoms with Gasteiger partial charge >= 0.3 is 0 Å². The first-order valence-electron chi connectivity index (χ1n) is 13.1. The van der Waals surface area contributed by atoms with Crippen LogP contribution in [-0.4, -0.2) is 34.4 Å². The van der Waals surface area contributed by atoms with Crippen LogP contribution in [0.3, 0.4) is 0 Å². The Bertz CT molecular complexity index is 1200. The third-order valence-corrected chi connectivity index (χ3v) is 6.73. The Morgan fingerprint density at radius 1 is 0.973 bits per heavy atom. The predicted octanol–water partition coefficient (Wildman–Crippen LogP) is 8.08. The summed E-state index contributed by atoms with van der Waals surface area (Å²) < 4.78 is 6.35. The molecule has 1 saturated carbocycles.